The molecule has 0 fully saturated rings. The number of hydrogen-bond acceptors (Lipinski definition) is 16. The number of hydrogen-bond donors (Lipinski definition) is 0. The zero-order chi connectivity index (χ0) is 80.9. The van der Waals surface area contributed by atoms with E-state index < -0.39 is 10.8 Å². The van der Waals surface area contributed by atoms with Crippen molar-refractivity contribution in [1.82, 2.24) is 0 Å². The molecule has 0 heterocycles. The van der Waals surface area contributed by atoms with Crippen molar-refractivity contribution in [2.24, 2.45) is 0 Å². The van der Waals surface area contributed by atoms with Crippen molar-refractivity contribution in [1.29, 1.82) is 0 Å². The summed E-state index contributed by atoms with van der Waals surface area (Å²) in [6.07, 6.45) is 0. The van der Waals surface area contributed by atoms with Crippen LogP contribution in [0.25, 0.3) is 44.5 Å². The Morgan fingerprint density at radius 2 is 0.441 bits per heavy atom. The zero-order valence-corrected chi connectivity index (χ0v) is 67.8. The Hall–Kier alpha value is -12.1. The molecule has 0 aromatic heterocycles. The zero-order valence-electron chi connectivity index (χ0n) is 67.8. The summed E-state index contributed by atoms with van der Waals surface area (Å²) in [7, 11) is 10.1. The lowest BCUT2D eigenvalue weighted by atomic mass is 9.65. The summed E-state index contributed by atoms with van der Waals surface area (Å²) in [6.45, 7) is 7.43. The maximum absolute atomic E-state index is 6.50. The van der Waals surface area contributed by atoms with E-state index in [0.29, 0.717) is 106 Å². The molecule has 2 unspecified atom stereocenters. The van der Waals surface area contributed by atoms with Crippen molar-refractivity contribution in [3.63, 3.8) is 0 Å². The minimum Gasteiger partial charge on any atom is -0.497 e. The predicted molar refractivity (Wildman–Crippen MR) is 467 cm³/mol. The van der Waals surface area contributed by atoms with Gasteiger partial charge in [-0.3, -0.25) is 0 Å². The summed E-state index contributed by atoms with van der Waals surface area (Å²) >= 11 is 0. The van der Waals surface area contributed by atoms with Crippen LogP contribution in [0.15, 0.2) is 303 Å². The summed E-state index contributed by atoms with van der Waals surface area (Å²) < 4.78 is 80.3. The van der Waals surface area contributed by atoms with Gasteiger partial charge in [0, 0.05) is 48.3 Å². The lowest BCUT2D eigenvalue weighted by molar-refractivity contribution is 0.000163. The molecule has 118 heavy (non-hydrogen) atoms. The van der Waals surface area contributed by atoms with Gasteiger partial charge in [0.2, 0.25) is 0 Å². The maximum Gasteiger partial charge on any atom is 0.119 e. The molecule has 0 aliphatic heterocycles. The third kappa shape index (κ3) is 17.6. The molecule has 13 aromatic carbocycles. The number of rotatable bonds is 42. The molecule has 0 N–H and O–H groups in total. The van der Waals surface area contributed by atoms with Crippen molar-refractivity contribution < 1.29 is 66.3 Å². The number of anilines is 6. The van der Waals surface area contributed by atoms with Crippen LogP contribution < -0.4 is 38.2 Å². The molecule has 0 spiro atoms. The summed E-state index contributed by atoms with van der Waals surface area (Å²) in [5.74, 6) is 4.59. The quantitative estimate of drug-likeness (QED) is 0.0335. The monoisotopic (exact) mass is 1580 g/mol. The normalized spacial score (nSPS) is 14.2. The van der Waals surface area contributed by atoms with Crippen LogP contribution in [0, 0.1) is 0 Å². The van der Waals surface area contributed by atoms with E-state index in [9.17, 15) is 0 Å². The third-order valence-corrected chi connectivity index (χ3v) is 22.0. The van der Waals surface area contributed by atoms with E-state index in [-0.39, 0.29) is 0 Å². The summed E-state index contributed by atoms with van der Waals surface area (Å²) in [6, 6.07) is 109. The second-order valence-electron chi connectivity index (χ2n) is 28.7. The largest absolute Gasteiger partial charge is 0.497 e. The Morgan fingerprint density at radius 1 is 0.203 bits per heavy atom. The molecule has 0 amide bonds. The molecule has 602 valence electrons. The first-order chi connectivity index (χ1) is 58.3. The van der Waals surface area contributed by atoms with Crippen LogP contribution in [0.5, 0.6) is 34.5 Å². The molecule has 0 saturated carbocycles. The Kier molecular flexibility index (Phi) is 27.0. The molecular weight excluding hydrogens is 1480 g/mol. The average Bonchev–Trinajstić information content (AvgIpc) is 1.51. The second-order valence-corrected chi connectivity index (χ2v) is 28.7. The molecule has 0 bridgehead atoms. The number of fused-ring (bicyclic) bond motifs is 6. The van der Waals surface area contributed by atoms with E-state index in [1.807, 2.05) is 48.5 Å². The van der Waals surface area contributed by atoms with Gasteiger partial charge in [-0.25, -0.2) is 0 Å². The standard InChI is InChI=1S/C102H100N2O14/c1-105-53-55-111-57-59-113-61-63-115-65-67-117-91-39-23-79(24-40-91)101(77-13-9-7-10-14-77)97-69-75(73-17-27-81(28-18-73)103(83-31-43-87(107-3)44-32-83)84-33-45-88(108-4)46-34-84)21-51-93(97)95-72-100-96(71-99(95)101)94-52-22-76(74-19-29-82(30-20-74)104(85-35-47-89(109-5)48-36-85)86-37-49-90(110-6)50-38-86)70-98(94)102(100,78-15-11-8-12-16-78)80-25-41-92(42-26-80)118-68-66-116-64-62-114-60-58-112-56-54-106-2/h7-52,69-72H,53-68H2,1-6H3. The smallest absolute Gasteiger partial charge is 0.119 e. The van der Waals surface area contributed by atoms with Gasteiger partial charge in [0.25, 0.3) is 0 Å². The molecule has 0 saturated heterocycles. The summed E-state index contributed by atoms with van der Waals surface area (Å²) in [5, 5.41) is 0. The van der Waals surface area contributed by atoms with Crippen molar-refractivity contribution in [2.75, 3.05) is 158 Å². The predicted octanol–water partition coefficient (Wildman–Crippen LogP) is 20.9. The molecule has 15 rings (SSSR count). The minimum atomic E-state index is -0.868. The fourth-order valence-electron chi connectivity index (χ4n) is 16.3. The van der Waals surface area contributed by atoms with Crippen molar-refractivity contribution in [3.8, 4) is 79.0 Å². The van der Waals surface area contributed by atoms with Crippen LogP contribution >= 0.6 is 0 Å². The fraction of sp³-hybridized carbons (Fsp3) is 0.235. The lowest BCUT2D eigenvalue weighted by Crippen LogP contribution is -2.30. The number of methoxy groups -OCH3 is 6. The molecule has 0 radical (unpaired) electrons. The van der Waals surface area contributed by atoms with Crippen molar-refractivity contribution >= 4 is 34.1 Å². The van der Waals surface area contributed by atoms with Crippen LogP contribution in [0.2, 0.25) is 0 Å². The van der Waals surface area contributed by atoms with Crippen molar-refractivity contribution in [2.45, 2.75) is 10.8 Å². The highest BCUT2D eigenvalue weighted by Gasteiger charge is 2.52. The SMILES string of the molecule is COCCOCCOCCOCCOc1ccc(C2(c3ccccc3)c3cc(-c4ccc(N(c5ccc(OC)cc5)c5ccc(OC)cc5)cc4)ccc3-c3cc4c(cc32)-c2ccc(-c3ccc(N(c5ccc(OC)cc5)c5ccc(OC)cc5)cc3)cc2C4(c2ccccc2)c2ccc(OCCOCCOCCOCCOC)cc2)cc1. The molecule has 2 atom stereocenters. The highest BCUT2D eigenvalue weighted by atomic mass is 16.6. The summed E-state index contributed by atoms with van der Waals surface area (Å²) in [4.78, 5) is 4.50. The molecule has 16 nitrogen and oxygen atoms in total. The van der Waals surface area contributed by atoms with Gasteiger partial charge in [0.15, 0.2) is 0 Å². The van der Waals surface area contributed by atoms with Crippen LogP contribution in [0.4, 0.5) is 34.1 Å². The van der Waals surface area contributed by atoms with Crippen LogP contribution in [-0.2, 0) is 48.7 Å². The Labute approximate surface area is 692 Å². The van der Waals surface area contributed by atoms with Gasteiger partial charge in [-0.05, 0) is 259 Å². The first-order valence-electron chi connectivity index (χ1n) is 40.2. The number of nitrogens with zero attached hydrogens (tertiary/aromatic N) is 2. The first-order valence-corrected chi connectivity index (χ1v) is 40.2. The van der Waals surface area contributed by atoms with Gasteiger partial charge in [-0.2, -0.15) is 0 Å². The highest BCUT2D eigenvalue weighted by Crippen LogP contribution is 2.64. The van der Waals surface area contributed by atoms with Crippen LogP contribution in [-0.4, -0.2) is 148 Å². The molecular formula is C102H100N2O14. The van der Waals surface area contributed by atoms with E-state index in [0.717, 1.165) is 158 Å². The van der Waals surface area contributed by atoms with Gasteiger partial charge in [-0.15, -0.1) is 0 Å². The Bertz CT molecular complexity index is 4920. The van der Waals surface area contributed by atoms with Crippen molar-refractivity contribution in [3.05, 3.63) is 348 Å². The van der Waals surface area contributed by atoms with Gasteiger partial charge in [0.05, 0.1) is 132 Å². The van der Waals surface area contributed by atoms with E-state index in [1.54, 1.807) is 42.7 Å². The van der Waals surface area contributed by atoms with Gasteiger partial charge < -0.3 is 76.1 Å². The fourth-order valence-corrected chi connectivity index (χ4v) is 16.3. The van der Waals surface area contributed by atoms with Crippen LogP contribution in [0.3, 0.4) is 0 Å². The maximum atomic E-state index is 6.50. The molecule has 2 aliphatic rings. The van der Waals surface area contributed by atoms with Gasteiger partial charge >= 0.3 is 0 Å². The topological polar surface area (TPSA) is 136 Å². The van der Waals surface area contributed by atoms with Gasteiger partial charge in [-0.1, -0.05) is 133 Å². The average molecular weight is 1580 g/mol. The van der Waals surface area contributed by atoms with E-state index in [2.05, 4.69) is 265 Å². The molecule has 16 heteroatoms. The molecule has 2 aliphatic carbocycles. The van der Waals surface area contributed by atoms with E-state index in [1.165, 1.54) is 0 Å². The number of ether oxygens (including phenoxy) is 14. The first kappa shape index (κ1) is 81.1. The van der Waals surface area contributed by atoms with E-state index in [4.69, 9.17) is 66.3 Å². The third-order valence-electron chi connectivity index (χ3n) is 22.0. The molecule has 13 aromatic rings. The second kappa shape index (κ2) is 39.3. The summed E-state index contributed by atoms with van der Waals surface area (Å²) in [5.41, 5.74) is 22.1. The van der Waals surface area contributed by atoms with Crippen LogP contribution in [0.1, 0.15) is 44.5 Å². The highest BCUT2D eigenvalue weighted by molar-refractivity contribution is 5.97. The lowest BCUT2D eigenvalue weighted by Gasteiger charge is -2.36. The van der Waals surface area contributed by atoms with E-state index >= 15 is 0 Å². The van der Waals surface area contributed by atoms with Gasteiger partial charge in [0.1, 0.15) is 47.7 Å². The number of benzene rings is 13. The Morgan fingerprint density at radius 3 is 0.720 bits per heavy atom. The minimum absolute atomic E-state index is 0.361. The Balaban J connectivity index is 0.851.